The van der Waals surface area contributed by atoms with E-state index in [0.29, 0.717) is 34.4 Å². The molecule has 2 aromatic rings. The van der Waals surface area contributed by atoms with Gasteiger partial charge in [0, 0.05) is 10.6 Å². The molecule has 0 aliphatic carbocycles. The van der Waals surface area contributed by atoms with E-state index in [1.165, 1.54) is 6.08 Å². The quantitative estimate of drug-likeness (QED) is 0.540. The summed E-state index contributed by atoms with van der Waals surface area (Å²) in [5.41, 5.74) is 1.34. The maximum Gasteiger partial charge on any atom is 0.203 e. The van der Waals surface area contributed by atoms with E-state index in [4.69, 9.17) is 25.8 Å². The molecule has 0 unspecified atom stereocenters. The Morgan fingerprint density at radius 2 is 1.67 bits per heavy atom. The summed E-state index contributed by atoms with van der Waals surface area (Å²) in [7, 11) is 3.12. The number of rotatable bonds is 7. The summed E-state index contributed by atoms with van der Waals surface area (Å²) in [6.07, 6.45) is 3.20. The lowest BCUT2D eigenvalue weighted by Crippen LogP contribution is -1.99. The number of carbonyl (C=O) groups excluding carboxylic acids is 1. The highest BCUT2D eigenvalue weighted by molar-refractivity contribution is 6.30. The Hall–Kier alpha value is -2.46. The Bertz CT molecular complexity index is 711. The topological polar surface area (TPSA) is 44.8 Å². The van der Waals surface area contributed by atoms with Crippen LogP contribution in [-0.4, -0.2) is 26.6 Å². The van der Waals surface area contributed by atoms with Crippen LogP contribution in [0.3, 0.4) is 0 Å². The van der Waals surface area contributed by atoms with Gasteiger partial charge in [-0.1, -0.05) is 17.7 Å². The highest BCUT2D eigenvalue weighted by Crippen LogP contribution is 2.38. The van der Waals surface area contributed by atoms with Crippen molar-refractivity contribution in [3.05, 3.63) is 58.6 Å². The fraction of sp³-hybridized carbons (Fsp3) is 0.211. The molecular weight excluding hydrogens is 328 g/mol. The summed E-state index contributed by atoms with van der Waals surface area (Å²) in [5, 5.41) is 0.594. The number of allylic oxidation sites excluding steroid dienone is 1. The zero-order valence-corrected chi connectivity index (χ0v) is 14.6. The SMILES string of the molecule is CCOc1c(OC)cc(/C=C/C(=O)c2ccc(Cl)cc2)cc1OC. The van der Waals surface area contributed by atoms with Gasteiger partial charge in [0.05, 0.1) is 20.8 Å². The van der Waals surface area contributed by atoms with Crippen LogP contribution in [-0.2, 0) is 0 Å². The van der Waals surface area contributed by atoms with Crippen LogP contribution in [0.25, 0.3) is 6.08 Å². The number of carbonyl (C=O) groups is 1. The first-order valence-electron chi connectivity index (χ1n) is 7.45. The van der Waals surface area contributed by atoms with E-state index in [2.05, 4.69) is 0 Å². The molecule has 5 heteroatoms. The first-order chi connectivity index (χ1) is 11.6. The van der Waals surface area contributed by atoms with Crippen molar-refractivity contribution in [3.8, 4) is 17.2 Å². The Morgan fingerprint density at radius 3 is 2.17 bits per heavy atom. The zero-order chi connectivity index (χ0) is 17.5. The molecule has 0 amide bonds. The molecule has 0 bridgehead atoms. The molecule has 126 valence electrons. The second-order valence-corrected chi connectivity index (χ2v) is 5.33. The smallest absolute Gasteiger partial charge is 0.203 e. The van der Waals surface area contributed by atoms with Gasteiger partial charge >= 0.3 is 0 Å². The standard InChI is InChI=1S/C19H19ClO4/c1-4-24-19-17(22-2)11-13(12-18(19)23-3)5-10-16(21)14-6-8-15(20)9-7-14/h5-12H,4H2,1-3H3/b10-5+. The van der Waals surface area contributed by atoms with Gasteiger partial charge in [0.25, 0.3) is 0 Å². The van der Waals surface area contributed by atoms with Crippen LogP contribution in [0.1, 0.15) is 22.8 Å². The molecule has 4 nitrogen and oxygen atoms in total. The molecule has 24 heavy (non-hydrogen) atoms. The Labute approximate surface area is 146 Å². The minimum atomic E-state index is -0.113. The van der Waals surface area contributed by atoms with E-state index in [-0.39, 0.29) is 5.78 Å². The van der Waals surface area contributed by atoms with Crippen molar-refractivity contribution in [1.82, 2.24) is 0 Å². The number of hydrogen-bond donors (Lipinski definition) is 0. The van der Waals surface area contributed by atoms with Gasteiger partial charge < -0.3 is 14.2 Å². The number of ether oxygens (including phenoxy) is 3. The number of hydrogen-bond acceptors (Lipinski definition) is 4. The summed E-state index contributed by atoms with van der Waals surface area (Å²) in [5.74, 6) is 1.53. The predicted octanol–water partition coefficient (Wildman–Crippen LogP) is 4.65. The minimum absolute atomic E-state index is 0.113. The molecule has 0 saturated carbocycles. The monoisotopic (exact) mass is 346 g/mol. The number of benzene rings is 2. The van der Waals surface area contributed by atoms with Gasteiger partial charge in [0.2, 0.25) is 5.75 Å². The molecule has 0 atom stereocenters. The van der Waals surface area contributed by atoms with Crippen molar-refractivity contribution in [3.63, 3.8) is 0 Å². The minimum Gasteiger partial charge on any atom is -0.493 e. The van der Waals surface area contributed by atoms with Crippen molar-refractivity contribution >= 4 is 23.5 Å². The summed E-state index contributed by atoms with van der Waals surface area (Å²) >= 11 is 5.83. The molecule has 0 aliphatic heterocycles. The van der Waals surface area contributed by atoms with E-state index in [1.807, 2.05) is 6.92 Å². The van der Waals surface area contributed by atoms with Crippen molar-refractivity contribution in [1.29, 1.82) is 0 Å². The van der Waals surface area contributed by atoms with Crippen molar-refractivity contribution < 1.29 is 19.0 Å². The third-order valence-corrected chi connectivity index (χ3v) is 3.58. The zero-order valence-electron chi connectivity index (χ0n) is 13.8. The predicted molar refractivity (Wildman–Crippen MR) is 95.5 cm³/mol. The fourth-order valence-corrected chi connectivity index (χ4v) is 2.29. The molecule has 0 N–H and O–H groups in total. The van der Waals surface area contributed by atoms with Crippen molar-refractivity contribution in [2.24, 2.45) is 0 Å². The largest absolute Gasteiger partial charge is 0.493 e. The Morgan fingerprint density at radius 1 is 1.08 bits per heavy atom. The first-order valence-corrected chi connectivity index (χ1v) is 7.83. The average Bonchev–Trinajstić information content (AvgIpc) is 2.61. The first kappa shape index (κ1) is 17.9. The Balaban J connectivity index is 2.28. The summed E-state index contributed by atoms with van der Waals surface area (Å²) < 4.78 is 16.3. The molecule has 2 rings (SSSR count). The average molecular weight is 347 g/mol. The van der Waals surface area contributed by atoms with E-state index in [9.17, 15) is 4.79 Å². The van der Waals surface area contributed by atoms with Crippen LogP contribution >= 0.6 is 11.6 Å². The van der Waals surface area contributed by atoms with E-state index < -0.39 is 0 Å². The van der Waals surface area contributed by atoms with Crippen LogP contribution in [0.15, 0.2) is 42.5 Å². The molecule has 0 radical (unpaired) electrons. The molecule has 0 saturated heterocycles. The van der Waals surface area contributed by atoms with Crippen molar-refractivity contribution in [2.75, 3.05) is 20.8 Å². The van der Waals surface area contributed by atoms with E-state index >= 15 is 0 Å². The third-order valence-electron chi connectivity index (χ3n) is 3.33. The molecule has 0 heterocycles. The lowest BCUT2D eigenvalue weighted by Gasteiger charge is -2.14. The van der Waals surface area contributed by atoms with Crippen LogP contribution in [0, 0.1) is 0 Å². The molecule has 2 aromatic carbocycles. The summed E-state index contributed by atoms with van der Waals surface area (Å²) in [4.78, 5) is 12.2. The van der Waals surface area contributed by atoms with Gasteiger partial charge in [0.1, 0.15) is 0 Å². The number of halogens is 1. The third kappa shape index (κ3) is 4.30. The van der Waals surface area contributed by atoms with Gasteiger partial charge in [0.15, 0.2) is 17.3 Å². The van der Waals surface area contributed by atoms with Gasteiger partial charge in [-0.25, -0.2) is 0 Å². The molecular formula is C19H19ClO4. The summed E-state index contributed by atoms with van der Waals surface area (Å²) in [6.45, 7) is 2.38. The van der Waals surface area contributed by atoms with Crippen molar-refractivity contribution in [2.45, 2.75) is 6.92 Å². The van der Waals surface area contributed by atoms with Crippen LogP contribution in [0.5, 0.6) is 17.2 Å². The lowest BCUT2D eigenvalue weighted by atomic mass is 10.1. The van der Waals surface area contributed by atoms with Crippen LogP contribution < -0.4 is 14.2 Å². The van der Waals surface area contributed by atoms with Gasteiger partial charge in [-0.3, -0.25) is 4.79 Å². The van der Waals surface area contributed by atoms with Crippen LogP contribution in [0.4, 0.5) is 0 Å². The van der Waals surface area contributed by atoms with Gasteiger partial charge in [-0.05, 0) is 55.0 Å². The fourth-order valence-electron chi connectivity index (χ4n) is 2.17. The molecule has 0 spiro atoms. The molecule has 0 aliphatic rings. The van der Waals surface area contributed by atoms with Gasteiger partial charge in [-0.2, -0.15) is 0 Å². The highest BCUT2D eigenvalue weighted by atomic mass is 35.5. The molecule has 0 aromatic heterocycles. The summed E-state index contributed by atoms with van der Waals surface area (Å²) in [6, 6.07) is 10.3. The second-order valence-electron chi connectivity index (χ2n) is 4.89. The van der Waals surface area contributed by atoms with E-state index in [1.54, 1.807) is 56.7 Å². The second kappa shape index (κ2) is 8.41. The highest BCUT2D eigenvalue weighted by Gasteiger charge is 2.13. The normalized spacial score (nSPS) is 10.7. The number of methoxy groups -OCH3 is 2. The lowest BCUT2D eigenvalue weighted by molar-refractivity contribution is 0.104. The Kier molecular flexibility index (Phi) is 6.27. The van der Waals surface area contributed by atoms with E-state index in [0.717, 1.165) is 5.56 Å². The van der Waals surface area contributed by atoms with Gasteiger partial charge in [-0.15, -0.1) is 0 Å². The molecule has 0 fully saturated rings. The number of ketones is 1. The van der Waals surface area contributed by atoms with Crippen LogP contribution in [0.2, 0.25) is 5.02 Å². The maximum absolute atomic E-state index is 12.2. The maximum atomic E-state index is 12.2.